The summed E-state index contributed by atoms with van der Waals surface area (Å²) in [7, 11) is -4.51. The average Bonchev–Trinajstić information content (AvgIpc) is 2.97. The third kappa shape index (κ3) is 18.4. The van der Waals surface area contributed by atoms with Gasteiger partial charge in [-0.05, 0) is 48.3 Å². The maximum Gasteiger partial charge on any atom is 1.00 e. The molecule has 0 aliphatic carbocycles. The summed E-state index contributed by atoms with van der Waals surface area (Å²) in [6.45, 7) is 4.54. The van der Waals surface area contributed by atoms with Gasteiger partial charge in [-0.25, -0.2) is 8.42 Å². The Labute approximate surface area is 288 Å². The van der Waals surface area contributed by atoms with Crippen molar-refractivity contribution in [3.63, 3.8) is 0 Å². The van der Waals surface area contributed by atoms with Gasteiger partial charge in [0.15, 0.2) is 0 Å². The van der Waals surface area contributed by atoms with Crippen molar-refractivity contribution in [1.82, 2.24) is 0 Å². The van der Waals surface area contributed by atoms with Crippen LogP contribution in [0.15, 0.2) is 35.2 Å². The summed E-state index contributed by atoms with van der Waals surface area (Å²) < 4.78 is 36.3. The van der Waals surface area contributed by atoms with E-state index in [0.717, 1.165) is 36.6 Å². The Morgan fingerprint density at radius 1 is 0.535 bits per heavy atom. The summed E-state index contributed by atoms with van der Waals surface area (Å²) >= 11 is 0. The van der Waals surface area contributed by atoms with E-state index in [2.05, 4.69) is 26.0 Å². The number of hydrogen-bond donors (Lipinski definition) is 0. The van der Waals surface area contributed by atoms with Crippen LogP contribution in [0.2, 0.25) is 0 Å². The molecule has 0 bridgehead atoms. The third-order valence-corrected chi connectivity index (χ3v) is 9.85. The Bertz CT molecular complexity index is 1070. The molecule has 0 N–H and O–H groups in total. The second-order valence-electron chi connectivity index (χ2n) is 12.8. The minimum Gasteiger partial charge on any atom is -0.744 e. The molecule has 0 aliphatic rings. The van der Waals surface area contributed by atoms with Crippen molar-refractivity contribution in [1.29, 1.82) is 0 Å². The van der Waals surface area contributed by atoms with Crippen molar-refractivity contribution in [2.45, 2.75) is 186 Å². The molecule has 0 spiro atoms. The van der Waals surface area contributed by atoms with E-state index in [4.69, 9.17) is 0 Å². The number of rotatable bonds is 27. The first-order chi connectivity index (χ1) is 20.5. The summed E-state index contributed by atoms with van der Waals surface area (Å²) in [5.41, 5.74) is 2.33. The fourth-order valence-corrected chi connectivity index (χ4v) is 7.17. The van der Waals surface area contributed by atoms with Gasteiger partial charge < -0.3 is 4.55 Å². The smallest absolute Gasteiger partial charge is 0.744 e. The minimum atomic E-state index is -4.51. The Balaban J connectivity index is 0.00000924. The van der Waals surface area contributed by atoms with Gasteiger partial charge in [-0.3, -0.25) is 0 Å². The van der Waals surface area contributed by atoms with E-state index >= 15 is 0 Å². The van der Waals surface area contributed by atoms with Gasteiger partial charge >= 0.3 is 29.6 Å². The molecule has 0 unspecified atom stereocenters. The first-order valence-corrected chi connectivity index (χ1v) is 19.4. The van der Waals surface area contributed by atoms with Crippen LogP contribution in [0.3, 0.4) is 0 Å². The average molecular weight is 623 g/mol. The predicted molar refractivity (Wildman–Crippen MR) is 181 cm³/mol. The Hall–Kier alpha value is -0.390. The number of aryl methyl sites for hydroxylation is 2. The molecular formula is C38H63NaO3S. The van der Waals surface area contributed by atoms with Crippen LogP contribution in [-0.4, -0.2) is 13.0 Å². The van der Waals surface area contributed by atoms with Crippen molar-refractivity contribution in [3.8, 4) is 0 Å². The Kier molecular flexibility index (Phi) is 24.3. The molecular weight excluding hydrogens is 559 g/mol. The van der Waals surface area contributed by atoms with Crippen LogP contribution in [-0.2, 0) is 23.0 Å². The van der Waals surface area contributed by atoms with Crippen LogP contribution in [0.5, 0.6) is 0 Å². The molecule has 0 atom stereocenters. The maximum absolute atomic E-state index is 12.1. The number of unbranched alkanes of at least 4 members (excludes halogenated alkanes) is 22. The van der Waals surface area contributed by atoms with Gasteiger partial charge in [-0.2, -0.15) is 0 Å². The monoisotopic (exact) mass is 622 g/mol. The topological polar surface area (TPSA) is 57.2 Å². The molecule has 0 amide bonds. The second kappa shape index (κ2) is 25.8. The SMILES string of the molecule is CCCCCCCCCCCCCCc1cc(CCCCCCCCCCCCCC)c2c(S(=O)(=O)[O-])cccc2c1.[Na+]. The number of fused-ring (bicyclic) bond motifs is 1. The van der Waals surface area contributed by atoms with Crippen molar-refractivity contribution in [2.24, 2.45) is 0 Å². The molecule has 0 aromatic heterocycles. The standard InChI is InChI=1S/C38H64O3S.Na/c1-3-5-7-9-11-13-15-17-19-21-23-25-28-34-32-35(38-36(33-34)30-27-31-37(38)42(39,40)41)29-26-24-22-20-18-16-14-12-10-8-6-4-2;/h27,30-33H,3-26,28-29H2,1-2H3,(H,39,40,41);/q;+1/p-1. The molecule has 3 nitrogen and oxygen atoms in total. The van der Waals surface area contributed by atoms with Gasteiger partial charge in [-0.15, -0.1) is 0 Å². The Morgan fingerprint density at radius 3 is 1.35 bits per heavy atom. The van der Waals surface area contributed by atoms with Gasteiger partial charge in [0.25, 0.3) is 0 Å². The van der Waals surface area contributed by atoms with Crippen LogP contribution in [0, 0.1) is 0 Å². The Morgan fingerprint density at radius 2 is 0.930 bits per heavy atom. The molecule has 43 heavy (non-hydrogen) atoms. The van der Waals surface area contributed by atoms with Gasteiger partial charge in [0.2, 0.25) is 0 Å². The molecule has 0 aliphatic heterocycles. The summed E-state index contributed by atoms with van der Waals surface area (Å²) in [4.78, 5) is -0.0501. The van der Waals surface area contributed by atoms with E-state index in [9.17, 15) is 13.0 Å². The predicted octanol–water partition coefficient (Wildman–Crippen LogP) is 9.24. The summed E-state index contributed by atoms with van der Waals surface area (Å²) in [6, 6.07) is 9.50. The molecule has 0 heterocycles. The largest absolute Gasteiger partial charge is 1.00 e. The summed E-state index contributed by atoms with van der Waals surface area (Å²) in [5.74, 6) is 0. The van der Waals surface area contributed by atoms with E-state index in [1.807, 2.05) is 6.07 Å². The molecule has 0 fully saturated rings. The molecule has 0 saturated heterocycles. The first kappa shape index (κ1) is 40.6. The molecule has 2 rings (SSSR count). The van der Waals surface area contributed by atoms with E-state index in [1.165, 1.54) is 153 Å². The first-order valence-electron chi connectivity index (χ1n) is 18.0. The number of hydrogen-bond acceptors (Lipinski definition) is 3. The van der Waals surface area contributed by atoms with Gasteiger partial charge in [0, 0.05) is 5.39 Å². The zero-order chi connectivity index (χ0) is 30.3. The van der Waals surface area contributed by atoms with Crippen LogP contribution >= 0.6 is 0 Å². The fourth-order valence-electron chi connectivity index (χ4n) is 6.43. The van der Waals surface area contributed by atoms with E-state index in [-0.39, 0.29) is 34.5 Å². The zero-order valence-electron chi connectivity index (χ0n) is 28.4. The van der Waals surface area contributed by atoms with Gasteiger partial charge in [0.1, 0.15) is 10.1 Å². The van der Waals surface area contributed by atoms with Crippen molar-refractivity contribution >= 4 is 20.9 Å². The minimum absolute atomic E-state index is 0. The van der Waals surface area contributed by atoms with Crippen LogP contribution < -0.4 is 29.6 Å². The molecule has 0 radical (unpaired) electrons. The summed E-state index contributed by atoms with van der Waals surface area (Å²) in [5, 5.41) is 1.56. The molecule has 5 heteroatoms. The quantitative estimate of drug-likeness (QED) is 0.0567. The third-order valence-electron chi connectivity index (χ3n) is 8.97. The van der Waals surface area contributed by atoms with Crippen molar-refractivity contribution in [2.75, 3.05) is 0 Å². The molecule has 0 saturated carbocycles. The zero-order valence-corrected chi connectivity index (χ0v) is 31.2. The van der Waals surface area contributed by atoms with E-state index < -0.39 is 10.1 Å². The van der Waals surface area contributed by atoms with Crippen LogP contribution in [0.1, 0.15) is 179 Å². The molecule has 240 valence electrons. The van der Waals surface area contributed by atoms with Crippen molar-refractivity contribution < 1.29 is 42.5 Å². The second-order valence-corrected chi connectivity index (χ2v) is 14.2. The van der Waals surface area contributed by atoms with Gasteiger partial charge in [-0.1, -0.05) is 179 Å². The molecule has 2 aromatic carbocycles. The number of benzene rings is 2. The van der Waals surface area contributed by atoms with Crippen LogP contribution in [0.25, 0.3) is 10.8 Å². The van der Waals surface area contributed by atoms with Gasteiger partial charge in [0.05, 0.1) is 4.90 Å². The fraction of sp³-hybridized carbons (Fsp3) is 0.737. The maximum atomic E-state index is 12.1. The van der Waals surface area contributed by atoms with Crippen molar-refractivity contribution in [3.05, 3.63) is 41.5 Å². The summed E-state index contributed by atoms with van der Waals surface area (Å²) in [6.07, 6.45) is 33.6. The van der Waals surface area contributed by atoms with Crippen LogP contribution in [0.4, 0.5) is 0 Å². The molecule has 2 aromatic rings. The van der Waals surface area contributed by atoms with E-state index in [1.54, 1.807) is 6.07 Å². The van der Waals surface area contributed by atoms with E-state index in [0.29, 0.717) is 5.39 Å². The normalized spacial score (nSPS) is 11.7.